The maximum Gasteiger partial charge on any atom is 0.374 e. The number of nitrogens with zero attached hydrogens (tertiary/aromatic N) is 1. The highest BCUT2D eigenvalue weighted by Crippen LogP contribution is 2.18. The summed E-state index contributed by atoms with van der Waals surface area (Å²) in [6, 6.07) is 6.10. The van der Waals surface area contributed by atoms with E-state index in [2.05, 4.69) is 10.1 Å². The van der Waals surface area contributed by atoms with E-state index in [1.54, 1.807) is 27.7 Å². The van der Waals surface area contributed by atoms with Gasteiger partial charge < -0.3 is 19.2 Å². The summed E-state index contributed by atoms with van der Waals surface area (Å²) in [5, 5.41) is 2.61. The third-order valence-electron chi connectivity index (χ3n) is 5.13. The zero-order valence-corrected chi connectivity index (χ0v) is 20.7. The number of furan rings is 1. The summed E-state index contributed by atoms with van der Waals surface area (Å²) in [7, 11) is -2.55. The Bertz CT molecular complexity index is 1120. The van der Waals surface area contributed by atoms with E-state index in [4.69, 9.17) is 9.15 Å². The van der Waals surface area contributed by atoms with Gasteiger partial charge in [-0.2, -0.15) is 4.31 Å². The average Bonchev–Trinajstić information content (AvgIpc) is 3.29. The molecule has 186 valence electrons. The molecule has 0 unspecified atom stereocenters. The summed E-state index contributed by atoms with van der Waals surface area (Å²) in [6.45, 7) is 7.25. The molecule has 0 aliphatic heterocycles. The number of ether oxygens (including phenoxy) is 2. The van der Waals surface area contributed by atoms with Crippen LogP contribution in [0.15, 0.2) is 45.9 Å². The number of rotatable bonds is 11. The van der Waals surface area contributed by atoms with E-state index < -0.39 is 33.9 Å². The Balaban J connectivity index is 2.16. The predicted octanol–water partition coefficient (Wildman–Crippen LogP) is 2.59. The second kappa shape index (κ2) is 11.8. The highest BCUT2D eigenvalue weighted by molar-refractivity contribution is 7.89. The Morgan fingerprint density at radius 1 is 1.12 bits per heavy atom. The number of sulfonamides is 1. The van der Waals surface area contributed by atoms with Crippen molar-refractivity contribution < 1.29 is 36.7 Å². The molecule has 0 radical (unpaired) electrons. The van der Waals surface area contributed by atoms with Gasteiger partial charge in [-0.05, 0) is 30.2 Å². The number of carbonyl (C=O) groups excluding carboxylic acids is 3. The number of benzene rings is 1. The van der Waals surface area contributed by atoms with E-state index in [-0.39, 0.29) is 28.7 Å². The SMILES string of the molecule is CCN(CC)S(=O)(=O)c1cccc(C(=O)N[C@H](C(=O)OCc2ccoc2C(=O)OC)C(C)C)c1. The molecule has 34 heavy (non-hydrogen) atoms. The molecular formula is C23H30N2O8S. The number of hydrogen-bond donors (Lipinski definition) is 1. The second-order valence-electron chi connectivity index (χ2n) is 7.69. The van der Waals surface area contributed by atoms with Gasteiger partial charge in [-0.3, -0.25) is 4.79 Å². The lowest BCUT2D eigenvalue weighted by molar-refractivity contribution is -0.148. The highest BCUT2D eigenvalue weighted by Gasteiger charge is 2.28. The number of methoxy groups -OCH3 is 1. The third kappa shape index (κ3) is 6.23. The molecule has 1 N–H and O–H groups in total. The second-order valence-corrected chi connectivity index (χ2v) is 9.62. The summed E-state index contributed by atoms with van der Waals surface area (Å²) >= 11 is 0. The number of nitrogens with one attached hydrogen (secondary N) is 1. The first-order chi connectivity index (χ1) is 16.1. The zero-order chi connectivity index (χ0) is 25.5. The maximum atomic E-state index is 12.9. The van der Waals surface area contributed by atoms with Crippen molar-refractivity contribution in [3.05, 3.63) is 53.5 Å². The van der Waals surface area contributed by atoms with Crippen molar-refractivity contribution in [3.63, 3.8) is 0 Å². The van der Waals surface area contributed by atoms with E-state index in [0.29, 0.717) is 18.7 Å². The molecule has 1 amide bonds. The van der Waals surface area contributed by atoms with Gasteiger partial charge in [-0.15, -0.1) is 0 Å². The Morgan fingerprint density at radius 2 is 1.79 bits per heavy atom. The van der Waals surface area contributed by atoms with E-state index in [1.807, 2.05) is 0 Å². The predicted molar refractivity (Wildman–Crippen MR) is 122 cm³/mol. The minimum Gasteiger partial charge on any atom is -0.463 e. The molecule has 1 heterocycles. The Hall–Kier alpha value is -3.18. The monoisotopic (exact) mass is 494 g/mol. The fourth-order valence-corrected chi connectivity index (χ4v) is 4.70. The fraction of sp³-hybridized carbons (Fsp3) is 0.435. The number of esters is 2. The molecule has 1 aromatic carbocycles. The van der Waals surface area contributed by atoms with Crippen LogP contribution in [0.1, 0.15) is 54.2 Å². The molecule has 0 saturated carbocycles. The minimum atomic E-state index is -3.75. The summed E-state index contributed by atoms with van der Waals surface area (Å²) in [5.74, 6) is -2.45. The largest absolute Gasteiger partial charge is 0.463 e. The molecule has 0 saturated heterocycles. The van der Waals surface area contributed by atoms with Crippen LogP contribution < -0.4 is 5.32 Å². The lowest BCUT2D eigenvalue weighted by Crippen LogP contribution is -2.45. The first-order valence-electron chi connectivity index (χ1n) is 10.8. The van der Waals surface area contributed by atoms with Crippen LogP contribution in [0.25, 0.3) is 0 Å². The first kappa shape index (κ1) is 27.1. The molecule has 11 heteroatoms. The first-order valence-corrected chi connectivity index (χ1v) is 12.2. The Morgan fingerprint density at radius 3 is 2.38 bits per heavy atom. The van der Waals surface area contributed by atoms with Gasteiger partial charge in [0, 0.05) is 24.2 Å². The van der Waals surface area contributed by atoms with Gasteiger partial charge in [-0.1, -0.05) is 33.8 Å². The number of carbonyl (C=O) groups is 3. The summed E-state index contributed by atoms with van der Waals surface area (Å²) in [4.78, 5) is 37.3. The molecule has 1 aromatic heterocycles. The standard InChI is InChI=1S/C23H30N2O8S/c1-6-25(7-2)34(29,30)18-10-8-9-16(13-18)21(26)24-19(15(3)4)22(27)33-14-17-11-12-32-20(17)23(28)31-5/h8-13,15,19H,6-7,14H2,1-5H3,(H,24,26)/t19-/m0/s1. The fourth-order valence-electron chi connectivity index (χ4n) is 3.19. The molecular weight excluding hydrogens is 464 g/mol. The van der Waals surface area contributed by atoms with E-state index in [9.17, 15) is 22.8 Å². The molecule has 0 spiro atoms. The van der Waals surface area contributed by atoms with Crippen molar-refractivity contribution in [2.24, 2.45) is 5.92 Å². The van der Waals surface area contributed by atoms with Crippen LogP contribution in [-0.2, 0) is 30.9 Å². The molecule has 2 rings (SSSR count). The van der Waals surface area contributed by atoms with Crippen molar-refractivity contribution in [2.75, 3.05) is 20.2 Å². The van der Waals surface area contributed by atoms with Crippen molar-refractivity contribution in [1.82, 2.24) is 9.62 Å². The van der Waals surface area contributed by atoms with Crippen LogP contribution in [0, 0.1) is 5.92 Å². The van der Waals surface area contributed by atoms with Gasteiger partial charge in [0.25, 0.3) is 5.91 Å². The van der Waals surface area contributed by atoms with Crippen molar-refractivity contribution in [3.8, 4) is 0 Å². The molecule has 0 bridgehead atoms. The van der Waals surface area contributed by atoms with Gasteiger partial charge in [0.05, 0.1) is 18.3 Å². The van der Waals surface area contributed by atoms with Crippen LogP contribution in [0.3, 0.4) is 0 Å². The van der Waals surface area contributed by atoms with Gasteiger partial charge in [0.2, 0.25) is 15.8 Å². The summed E-state index contributed by atoms with van der Waals surface area (Å²) in [5.41, 5.74) is 0.415. The van der Waals surface area contributed by atoms with Gasteiger partial charge >= 0.3 is 11.9 Å². The Kier molecular flexibility index (Phi) is 9.39. The number of amides is 1. The maximum absolute atomic E-state index is 12.9. The van der Waals surface area contributed by atoms with Crippen LogP contribution in [0.2, 0.25) is 0 Å². The molecule has 0 aliphatic rings. The average molecular weight is 495 g/mol. The Labute approximate surface area is 199 Å². The molecule has 0 aliphatic carbocycles. The highest BCUT2D eigenvalue weighted by atomic mass is 32.2. The quantitative estimate of drug-likeness (QED) is 0.472. The zero-order valence-electron chi connectivity index (χ0n) is 19.9. The van der Waals surface area contributed by atoms with Crippen LogP contribution in [-0.4, -0.2) is 56.8 Å². The molecule has 2 aromatic rings. The minimum absolute atomic E-state index is 0.0113. The van der Waals surface area contributed by atoms with Crippen LogP contribution in [0.5, 0.6) is 0 Å². The van der Waals surface area contributed by atoms with Crippen molar-refractivity contribution in [1.29, 1.82) is 0 Å². The van der Waals surface area contributed by atoms with Gasteiger partial charge in [0.15, 0.2) is 0 Å². The van der Waals surface area contributed by atoms with E-state index >= 15 is 0 Å². The number of hydrogen-bond acceptors (Lipinski definition) is 8. The normalized spacial score (nSPS) is 12.4. The topological polar surface area (TPSA) is 132 Å². The summed E-state index contributed by atoms with van der Waals surface area (Å²) in [6.07, 6.45) is 1.27. The lowest BCUT2D eigenvalue weighted by atomic mass is 10.0. The smallest absolute Gasteiger partial charge is 0.374 e. The van der Waals surface area contributed by atoms with Gasteiger partial charge in [-0.25, -0.2) is 18.0 Å². The molecule has 1 atom stereocenters. The third-order valence-corrected chi connectivity index (χ3v) is 7.18. The van der Waals surface area contributed by atoms with Crippen molar-refractivity contribution in [2.45, 2.75) is 45.2 Å². The van der Waals surface area contributed by atoms with Crippen LogP contribution >= 0.6 is 0 Å². The molecule has 0 fully saturated rings. The molecule has 10 nitrogen and oxygen atoms in total. The van der Waals surface area contributed by atoms with Crippen molar-refractivity contribution >= 4 is 27.9 Å². The lowest BCUT2D eigenvalue weighted by Gasteiger charge is -2.21. The van der Waals surface area contributed by atoms with E-state index in [1.165, 1.54) is 48.0 Å². The summed E-state index contributed by atoms with van der Waals surface area (Å²) < 4.78 is 41.8. The van der Waals surface area contributed by atoms with Crippen LogP contribution in [0.4, 0.5) is 0 Å². The van der Waals surface area contributed by atoms with Gasteiger partial charge in [0.1, 0.15) is 12.6 Å². The van der Waals surface area contributed by atoms with E-state index in [0.717, 1.165) is 0 Å².